The second-order valence-corrected chi connectivity index (χ2v) is 9.62. The summed E-state index contributed by atoms with van der Waals surface area (Å²) in [6.07, 6.45) is -0.101. The van der Waals surface area contributed by atoms with Crippen LogP contribution in [-0.4, -0.2) is 55.0 Å². The number of nitrogens with one attached hydrogen (secondary N) is 2. The molecule has 4 rings (SSSR count). The van der Waals surface area contributed by atoms with E-state index in [2.05, 4.69) is 34.9 Å². The van der Waals surface area contributed by atoms with Gasteiger partial charge in [0.05, 0.1) is 18.6 Å². The number of alkyl carbamates (subject to hydrolysis) is 1. The summed E-state index contributed by atoms with van der Waals surface area (Å²) in [5.41, 5.74) is 4.62. The Balaban J connectivity index is 1.24. The van der Waals surface area contributed by atoms with Gasteiger partial charge in [0, 0.05) is 12.5 Å². The fraction of sp³-hybridized carbons (Fsp3) is 0.444. The van der Waals surface area contributed by atoms with Crippen molar-refractivity contribution in [3.05, 3.63) is 59.7 Å². The third kappa shape index (κ3) is 5.82. The van der Waals surface area contributed by atoms with E-state index in [1.807, 2.05) is 38.1 Å². The van der Waals surface area contributed by atoms with Gasteiger partial charge in [0.15, 0.2) is 0 Å². The van der Waals surface area contributed by atoms with Crippen LogP contribution in [0.15, 0.2) is 48.5 Å². The number of carbonyl (C=O) groups is 3. The summed E-state index contributed by atoms with van der Waals surface area (Å²) in [6.45, 7) is 4.45. The van der Waals surface area contributed by atoms with E-state index in [0.717, 1.165) is 11.1 Å². The highest BCUT2D eigenvalue weighted by Gasteiger charge is 2.34. The van der Waals surface area contributed by atoms with Gasteiger partial charge in [-0.2, -0.15) is 0 Å². The molecule has 0 saturated carbocycles. The normalized spacial score (nSPS) is 19.6. The van der Waals surface area contributed by atoms with E-state index in [1.165, 1.54) is 11.1 Å². The third-order valence-electron chi connectivity index (χ3n) is 6.59. The van der Waals surface area contributed by atoms with Crippen LogP contribution in [0.1, 0.15) is 43.7 Å². The van der Waals surface area contributed by atoms with Crippen LogP contribution in [0.5, 0.6) is 0 Å². The molecule has 186 valence electrons. The molecule has 3 N–H and O–H groups in total. The Hall–Kier alpha value is -3.39. The minimum atomic E-state index is -1.04. The molecule has 8 heteroatoms. The quantitative estimate of drug-likeness (QED) is 0.506. The average Bonchev–Trinajstić information content (AvgIpc) is 3.44. The van der Waals surface area contributed by atoms with Crippen LogP contribution in [0.2, 0.25) is 0 Å². The summed E-state index contributed by atoms with van der Waals surface area (Å²) in [5, 5.41) is 14.7. The van der Waals surface area contributed by atoms with E-state index in [0.29, 0.717) is 12.8 Å². The van der Waals surface area contributed by atoms with Gasteiger partial charge in [0.25, 0.3) is 0 Å². The predicted molar refractivity (Wildman–Crippen MR) is 130 cm³/mol. The molecule has 1 heterocycles. The van der Waals surface area contributed by atoms with Crippen molar-refractivity contribution in [2.24, 2.45) is 11.8 Å². The molecule has 1 saturated heterocycles. The lowest BCUT2D eigenvalue weighted by Crippen LogP contribution is -2.44. The maximum Gasteiger partial charge on any atom is 0.407 e. The number of carbonyl (C=O) groups excluding carboxylic acids is 2. The van der Waals surface area contributed by atoms with Gasteiger partial charge < -0.3 is 25.2 Å². The highest BCUT2D eigenvalue weighted by atomic mass is 16.5. The third-order valence-corrected chi connectivity index (χ3v) is 6.59. The molecule has 1 aliphatic carbocycles. The zero-order chi connectivity index (χ0) is 24.9. The molecule has 2 aromatic rings. The van der Waals surface area contributed by atoms with Crippen LogP contribution in [0.25, 0.3) is 11.1 Å². The van der Waals surface area contributed by atoms with Crippen LogP contribution in [0.4, 0.5) is 4.79 Å². The van der Waals surface area contributed by atoms with Gasteiger partial charge >= 0.3 is 12.1 Å². The molecule has 0 unspecified atom stereocenters. The fourth-order valence-corrected chi connectivity index (χ4v) is 4.86. The van der Waals surface area contributed by atoms with Crippen molar-refractivity contribution < 1.29 is 29.0 Å². The van der Waals surface area contributed by atoms with Gasteiger partial charge in [0.2, 0.25) is 5.91 Å². The molecule has 0 spiro atoms. The number of carboxylic acid groups (broad SMARTS) is 1. The number of hydrogen-bond donors (Lipinski definition) is 3. The summed E-state index contributed by atoms with van der Waals surface area (Å²) in [5.74, 6) is -1.69. The van der Waals surface area contributed by atoms with Crippen LogP contribution in [0.3, 0.4) is 0 Å². The zero-order valence-corrected chi connectivity index (χ0v) is 20.0. The Kier molecular flexibility index (Phi) is 7.70. The number of fused-ring (bicyclic) bond motifs is 3. The first-order chi connectivity index (χ1) is 16.8. The monoisotopic (exact) mass is 480 g/mol. The van der Waals surface area contributed by atoms with E-state index in [-0.39, 0.29) is 43.6 Å². The summed E-state index contributed by atoms with van der Waals surface area (Å²) < 4.78 is 11.2. The van der Waals surface area contributed by atoms with Crippen molar-refractivity contribution in [3.8, 4) is 11.1 Å². The smallest absolute Gasteiger partial charge is 0.407 e. The summed E-state index contributed by atoms with van der Waals surface area (Å²) >= 11 is 0. The molecule has 1 aliphatic heterocycles. The number of rotatable bonds is 9. The number of ether oxygens (including phenoxy) is 2. The molecule has 2 aliphatic rings. The Morgan fingerprint density at radius 3 is 2.29 bits per heavy atom. The van der Waals surface area contributed by atoms with Crippen molar-refractivity contribution in [1.82, 2.24) is 10.6 Å². The van der Waals surface area contributed by atoms with E-state index in [9.17, 15) is 19.5 Å². The predicted octanol–water partition coefficient (Wildman–Crippen LogP) is 3.55. The molecule has 1 fully saturated rings. The number of aliphatic carboxylic acids is 1. The molecule has 35 heavy (non-hydrogen) atoms. The largest absolute Gasteiger partial charge is 0.480 e. The minimum absolute atomic E-state index is 0.0167. The molecule has 0 bridgehead atoms. The lowest BCUT2D eigenvalue weighted by Gasteiger charge is -2.18. The maximum atomic E-state index is 12.5. The van der Waals surface area contributed by atoms with Crippen molar-refractivity contribution in [2.75, 3.05) is 19.8 Å². The average molecular weight is 481 g/mol. The number of carboxylic acids is 1. The molecule has 3 atom stereocenters. The summed E-state index contributed by atoms with van der Waals surface area (Å²) in [6, 6.07) is 15.4. The van der Waals surface area contributed by atoms with E-state index in [1.54, 1.807) is 0 Å². The molecule has 2 amide bonds. The van der Waals surface area contributed by atoms with Crippen LogP contribution < -0.4 is 10.6 Å². The lowest BCUT2D eigenvalue weighted by atomic mass is 9.98. The van der Waals surface area contributed by atoms with Crippen LogP contribution in [0, 0.1) is 11.8 Å². The van der Waals surface area contributed by atoms with E-state index >= 15 is 0 Å². The van der Waals surface area contributed by atoms with Gasteiger partial charge in [-0.25, -0.2) is 9.59 Å². The topological polar surface area (TPSA) is 114 Å². The van der Waals surface area contributed by atoms with Crippen molar-refractivity contribution in [1.29, 1.82) is 0 Å². The van der Waals surface area contributed by atoms with Crippen molar-refractivity contribution >= 4 is 18.0 Å². The molecular formula is C27H32N2O6. The van der Waals surface area contributed by atoms with Gasteiger partial charge in [-0.05, 0) is 41.0 Å². The highest BCUT2D eigenvalue weighted by Crippen LogP contribution is 2.44. The Morgan fingerprint density at radius 2 is 1.69 bits per heavy atom. The minimum Gasteiger partial charge on any atom is -0.480 e. The molecule has 2 aromatic carbocycles. The standard InChI is InChI=1S/C27H32N2O6/c1-16(2)11-24(26(31)32)29-25(30)17-12-18(34-14-17)13-28-27(33)35-15-23-21-9-5-3-7-19(21)20-8-4-6-10-22(20)23/h3-10,16-18,23-24H,11-15H2,1-2H3,(H,28,33)(H,29,30)(H,31,32)/t17-,18-,24+/m0/s1. The summed E-state index contributed by atoms with van der Waals surface area (Å²) in [4.78, 5) is 36.3. The van der Waals surface area contributed by atoms with Crippen molar-refractivity contribution in [3.63, 3.8) is 0 Å². The zero-order valence-electron chi connectivity index (χ0n) is 20.0. The van der Waals surface area contributed by atoms with Gasteiger partial charge in [-0.15, -0.1) is 0 Å². The Labute approximate surface area is 205 Å². The second-order valence-electron chi connectivity index (χ2n) is 9.62. The highest BCUT2D eigenvalue weighted by molar-refractivity contribution is 5.85. The lowest BCUT2D eigenvalue weighted by molar-refractivity contribution is -0.143. The number of amides is 2. The van der Waals surface area contributed by atoms with Gasteiger partial charge in [-0.1, -0.05) is 62.4 Å². The fourth-order valence-electron chi connectivity index (χ4n) is 4.86. The molecule has 0 radical (unpaired) electrons. The maximum absolute atomic E-state index is 12.5. The van der Waals surface area contributed by atoms with E-state index < -0.39 is 24.0 Å². The molecular weight excluding hydrogens is 448 g/mol. The number of hydrogen-bond acceptors (Lipinski definition) is 5. The number of benzene rings is 2. The van der Waals surface area contributed by atoms with Gasteiger partial charge in [0.1, 0.15) is 12.6 Å². The van der Waals surface area contributed by atoms with Crippen molar-refractivity contribution in [2.45, 2.75) is 44.8 Å². The van der Waals surface area contributed by atoms with Crippen LogP contribution >= 0.6 is 0 Å². The van der Waals surface area contributed by atoms with Gasteiger partial charge in [-0.3, -0.25) is 4.79 Å². The first kappa shape index (κ1) is 24.7. The second kappa shape index (κ2) is 10.9. The Bertz CT molecular complexity index is 1040. The first-order valence-corrected chi connectivity index (χ1v) is 12.1. The summed E-state index contributed by atoms with van der Waals surface area (Å²) in [7, 11) is 0. The SMILES string of the molecule is CC(C)C[C@@H](NC(=O)[C@@H]1CO[C@H](CNC(=O)OCC2c3ccccc3-c3ccccc32)C1)C(=O)O. The van der Waals surface area contributed by atoms with E-state index in [4.69, 9.17) is 9.47 Å². The first-order valence-electron chi connectivity index (χ1n) is 12.1. The molecule has 8 nitrogen and oxygen atoms in total. The van der Waals surface area contributed by atoms with Crippen LogP contribution in [-0.2, 0) is 19.1 Å². The Morgan fingerprint density at radius 1 is 1.06 bits per heavy atom. The molecule has 0 aromatic heterocycles.